The van der Waals surface area contributed by atoms with E-state index in [9.17, 15) is 14.4 Å². The molecule has 1 N–H and O–H groups in total. The minimum absolute atomic E-state index is 0.165. The molecule has 0 radical (unpaired) electrons. The molecule has 2 aromatic carbocycles. The third kappa shape index (κ3) is 2.99. The van der Waals surface area contributed by atoms with E-state index in [0.29, 0.717) is 34.7 Å². The molecule has 0 spiro atoms. The van der Waals surface area contributed by atoms with Gasteiger partial charge in [0, 0.05) is 6.07 Å². The van der Waals surface area contributed by atoms with Crippen molar-refractivity contribution in [2.45, 2.75) is 19.3 Å². The van der Waals surface area contributed by atoms with Crippen LogP contribution in [0.5, 0.6) is 11.5 Å². The molecule has 3 aliphatic rings. The number of carbonyl (C=O) groups excluding carboxylic acids is 3. The second-order valence-corrected chi connectivity index (χ2v) is 8.43. The minimum atomic E-state index is -0.428. The van der Waals surface area contributed by atoms with Crippen LogP contribution in [-0.2, 0) is 9.59 Å². The summed E-state index contributed by atoms with van der Waals surface area (Å²) in [7, 11) is 3.05. The molecule has 2 aromatic rings. The lowest BCUT2D eigenvalue weighted by atomic mass is 9.81. The maximum absolute atomic E-state index is 13.2. The van der Waals surface area contributed by atoms with Gasteiger partial charge in [-0.05, 0) is 55.4 Å². The van der Waals surface area contributed by atoms with Crippen LogP contribution in [0.25, 0.3) is 0 Å². The van der Waals surface area contributed by atoms with Gasteiger partial charge in [0.15, 0.2) is 0 Å². The summed E-state index contributed by atoms with van der Waals surface area (Å²) in [6.07, 6.45) is 2.99. The molecule has 7 heteroatoms. The van der Waals surface area contributed by atoms with E-state index < -0.39 is 5.91 Å². The van der Waals surface area contributed by atoms with Crippen molar-refractivity contribution in [3.63, 3.8) is 0 Å². The predicted molar refractivity (Wildman–Crippen MR) is 114 cm³/mol. The van der Waals surface area contributed by atoms with Gasteiger partial charge in [0.25, 0.3) is 5.91 Å². The molecule has 4 atom stereocenters. The number of imide groups is 1. The topological polar surface area (TPSA) is 84.9 Å². The predicted octanol–water partition coefficient (Wildman–Crippen LogP) is 3.49. The van der Waals surface area contributed by atoms with Crippen molar-refractivity contribution in [3.8, 4) is 11.5 Å². The number of nitrogens with zero attached hydrogens (tertiary/aromatic N) is 1. The number of fused-ring (bicyclic) bond motifs is 5. The third-order valence-electron chi connectivity index (χ3n) is 6.97. The Labute approximate surface area is 180 Å². The quantitative estimate of drug-likeness (QED) is 0.749. The lowest BCUT2D eigenvalue weighted by Crippen LogP contribution is -2.34. The first-order chi connectivity index (χ1) is 15.0. The molecule has 0 unspecified atom stereocenters. The molecule has 1 heterocycles. The summed E-state index contributed by atoms with van der Waals surface area (Å²) in [5, 5.41) is 2.83. The van der Waals surface area contributed by atoms with Gasteiger partial charge in [0.1, 0.15) is 11.5 Å². The van der Waals surface area contributed by atoms with Gasteiger partial charge >= 0.3 is 0 Å². The van der Waals surface area contributed by atoms with Crippen molar-refractivity contribution < 1.29 is 23.9 Å². The molecule has 2 aliphatic carbocycles. The van der Waals surface area contributed by atoms with Gasteiger partial charge in [-0.2, -0.15) is 0 Å². The molecule has 2 bridgehead atoms. The second-order valence-electron chi connectivity index (χ2n) is 8.43. The zero-order valence-corrected chi connectivity index (χ0v) is 17.5. The normalized spacial score (nSPS) is 26.2. The van der Waals surface area contributed by atoms with Crippen LogP contribution in [0.4, 0.5) is 11.4 Å². The van der Waals surface area contributed by atoms with E-state index in [-0.39, 0.29) is 29.2 Å². The van der Waals surface area contributed by atoms with E-state index >= 15 is 0 Å². The first-order valence-electron chi connectivity index (χ1n) is 10.5. The number of hydrogen-bond acceptors (Lipinski definition) is 5. The number of nitrogens with one attached hydrogen (secondary N) is 1. The molecule has 160 valence electrons. The number of para-hydroxylation sites is 1. The summed E-state index contributed by atoms with van der Waals surface area (Å²) in [6, 6.07) is 11.8. The molecular formula is C24H24N2O5. The number of carbonyl (C=O) groups is 3. The molecule has 31 heavy (non-hydrogen) atoms. The standard InChI is InChI=1S/C24H24N2O5/c1-30-15-9-10-19(31-2)17(12-15)25-22(27)16-5-3-4-6-18(16)26-23(28)20-13-7-8-14(11-13)21(20)24(26)29/h3-6,9-10,12-14,20-21H,7-8,11H2,1-2H3,(H,25,27)/t13-,14-,20-,21+/m0/s1. The zero-order chi connectivity index (χ0) is 21.7. The number of rotatable bonds is 5. The Morgan fingerprint density at radius 3 is 2.29 bits per heavy atom. The summed E-state index contributed by atoms with van der Waals surface area (Å²) in [6.45, 7) is 0. The first kappa shape index (κ1) is 19.6. The van der Waals surface area contributed by atoms with Crippen molar-refractivity contribution in [3.05, 3.63) is 48.0 Å². The third-order valence-corrected chi connectivity index (χ3v) is 6.97. The first-order valence-corrected chi connectivity index (χ1v) is 10.5. The molecular weight excluding hydrogens is 396 g/mol. The van der Waals surface area contributed by atoms with Crippen LogP contribution in [-0.4, -0.2) is 31.9 Å². The molecule has 1 aliphatic heterocycles. The molecule has 2 saturated carbocycles. The van der Waals surface area contributed by atoms with Gasteiger partial charge in [-0.3, -0.25) is 14.4 Å². The summed E-state index contributed by atoms with van der Waals surface area (Å²) < 4.78 is 10.6. The van der Waals surface area contributed by atoms with E-state index in [1.165, 1.54) is 19.1 Å². The Hall–Kier alpha value is -3.35. The Balaban J connectivity index is 1.47. The van der Waals surface area contributed by atoms with Crippen LogP contribution >= 0.6 is 0 Å². The van der Waals surface area contributed by atoms with Crippen LogP contribution in [0.2, 0.25) is 0 Å². The minimum Gasteiger partial charge on any atom is -0.497 e. The average Bonchev–Trinajstić information content (AvgIpc) is 3.47. The maximum atomic E-state index is 13.2. The highest BCUT2D eigenvalue weighted by Gasteiger charge is 2.61. The van der Waals surface area contributed by atoms with Crippen molar-refractivity contribution in [2.75, 3.05) is 24.4 Å². The van der Waals surface area contributed by atoms with Crippen LogP contribution < -0.4 is 19.7 Å². The molecule has 0 aromatic heterocycles. The van der Waals surface area contributed by atoms with Crippen LogP contribution in [0.15, 0.2) is 42.5 Å². The molecule has 7 nitrogen and oxygen atoms in total. The van der Waals surface area contributed by atoms with Gasteiger partial charge in [-0.25, -0.2) is 4.90 Å². The smallest absolute Gasteiger partial charge is 0.257 e. The highest BCUT2D eigenvalue weighted by molar-refractivity contribution is 6.25. The highest BCUT2D eigenvalue weighted by Crippen LogP contribution is 2.56. The summed E-state index contributed by atoms with van der Waals surface area (Å²) in [4.78, 5) is 40.9. The van der Waals surface area contributed by atoms with Crippen LogP contribution in [0, 0.1) is 23.7 Å². The Morgan fingerprint density at radius 2 is 1.65 bits per heavy atom. The Kier molecular flexibility index (Phi) is 4.68. The lowest BCUT2D eigenvalue weighted by molar-refractivity contribution is -0.123. The number of hydrogen-bond donors (Lipinski definition) is 1. The van der Waals surface area contributed by atoms with Gasteiger partial charge in [-0.1, -0.05) is 12.1 Å². The number of amides is 3. The summed E-state index contributed by atoms with van der Waals surface area (Å²) in [5.74, 6) is 0.396. The average molecular weight is 420 g/mol. The maximum Gasteiger partial charge on any atom is 0.257 e. The van der Waals surface area contributed by atoms with Gasteiger partial charge in [-0.15, -0.1) is 0 Å². The van der Waals surface area contributed by atoms with E-state index in [0.717, 1.165) is 19.3 Å². The molecule has 5 rings (SSSR count). The molecule has 3 fully saturated rings. The number of benzene rings is 2. The van der Waals surface area contributed by atoms with E-state index in [1.807, 2.05) is 0 Å². The highest BCUT2D eigenvalue weighted by atomic mass is 16.5. The summed E-state index contributed by atoms with van der Waals surface area (Å²) >= 11 is 0. The monoisotopic (exact) mass is 420 g/mol. The van der Waals surface area contributed by atoms with Crippen molar-refractivity contribution in [1.82, 2.24) is 0 Å². The van der Waals surface area contributed by atoms with Gasteiger partial charge < -0.3 is 14.8 Å². The fraction of sp³-hybridized carbons (Fsp3) is 0.375. The largest absolute Gasteiger partial charge is 0.497 e. The van der Waals surface area contributed by atoms with Gasteiger partial charge in [0.2, 0.25) is 11.8 Å². The summed E-state index contributed by atoms with van der Waals surface area (Å²) in [5.41, 5.74) is 1.04. The number of anilines is 2. The van der Waals surface area contributed by atoms with Crippen molar-refractivity contribution in [1.29, 1.82) is 0 Å². The zero-order valence-electron chi connectivity index (χ0n) is 17.5. The molecule has 1 saturated heterocycles. The second kappa shape index (κ2) is 7.41. The Morgan fingerprint density at radius 1 is 0.968 bits per heavy atom. The van der Waals surface area contributed by atoms with E-state index in [4.69, 9.17) is 9.47 Å². The van der Waals surface area contributed by atoms with Gasteiger partial charge in [0.05, 0.1) is 43.0 Å². The fourth-order valence-corrected chi connectivity index (χ4v) is 5.61. The van der Waals surface area contributed by atoms with Crippen molar-refractivity contribution in [2.24, 2.45) is 23.7 Å². The lowest BCUT2D eigenvalue weighted by Gasteiger charge is -2.20. The fourth-order valence-electron chi connectivity index (χ4n) is 5.61. The number of methoxy groups -OCH3 is 2. The van der Waals surface area contributed by atoms with Crippen molar-refractivity contribution >= 4 is 29.1 Å². The van der Waals surface area contributed by atoms with Crippen LogP contribution in [0.3, 0.4) is 0 Å². The van der Waals surface area contributed by atoms with E-state index in [2.05, 4.69) is 5.32 Å². The Bertz CT molecular complexity index is 1050. The molecule has 3 amide bonds. The number of ether oxygens (including phenoxy) is 2. The van der Waals surface area contributed by atoms with Crippen LogP contribution in [0.1, 0.15) is 29.6 Å². The van der Waals surface area contributed by atoms with E-state index in [1.54, 1.807) is 42.5 Å². The SMILES string of the molecule is COc1ccc(OC)c(NC(=O)c2ccccc2N2C(=O)[C@@H]3[C@H]4CC[C@@H](C4)[C@@H]3C2=O)c1.